The van der Waals surface area contributed by atoms with Gasteiger partial charge in [0.15, 0.2) is 5.78 Å². The lowest BCUT2D eigenvalue weighted by molar-refractivity contribution is -0.116. The van der Waals surface area contributed by atoms with E-state index >= 15 is 0 Å². The molecule has 0 aromatic heterocycles. The number of benzene rings is 2. The predicted molar refractivity (Wildman–Crippen MR) is 115 cm³/mol. The molecule has 2 atom stereocenters. The lowest BCUT2D eigenvalue weighted by Crippen LogP contribution is -2.33. The molecular weight excluding hydrogens is 428 g/mol. The number of halogens is 1. The van der Waals surface area contributed by atoms with Gasteiger partial charge in [0.1, 0.15) is 5.75 Å². The topological polar surface area (TPSA) is 62.1 Å². The molecule has 1 heterocycles. The second-order valence-corrected chi connectivity index (χ2v) is 8.37. The van der Waals surface area contributed by atoms with Crippen LogP contribution in [0.1, 0.15) is 42.7 Å². The summed E-state index contributed by atoms with van der Waals surface area (Å²) in [5.74, 6) is 0.711. The van der Waals surface area contributed by atoms with Gasteiger partial charge in [0, 0.05) is 27.9 Å². The Balaban J connectivity index is 1.74. The van der Waals surface area contributed by atoms with Gasteiger partial charge in [-0.2, -0.15) is 5.26 Å². The van der Waals surface area contributed by atoms with E-state index in [1.54, 1.807) is 7.11 Å². The maximum Gasteiger partial charge on any atom is 0.162 e. The molecule has 1 aliphatic carbocycles. The molecule has 2 aliphatic rings. The molecule has 0 saturated carbocycles. The standard InChI is InChI=1S/C24H21BrN2O2/c1-14-20(13-26)23(16-3-7-18(25)8-4-16)24-21(27-14)11-17(12-22(24)28)15-5-9-19(29-2)10-6-15/h3-10,17,23,27H,11-12H2,1-2H3. The first-order valence-electron chi connectivity index (χ1n) is 9.55. The molecule has 1 aliphatic heterocycles. The highest BCUT2D eigenvalue weighted by molar-refractivity contribution is 9.10. The van der Waals surface area contributed by atoms with E-state index in [-0.39, 0.29) is 17.6 Å². The van der Waals surface area contributed by atoms with Crippen molar-refractivity contribution in [3.63, 3.8) is 0 Å². The number of hydrogen-bond acceptors (Lipinski definition) is 4. The summed E-state index contributed by atoms with van der Waals surface area (Å²) < 4.78 is 6.21. The Morgan fingerprint density at radius 3 is 2.34 bits per heavy atom. The number of nitrogens with one attached hydrogen (secondary N) is 1. The van der Waals surface area contributed by atoms with Crippen molar-refractivity contribution < 1.29 is 9.53 Å². The van der Waals surface area contributed by atoms with E-state index in [1.807, 2.05) is 55.5 Å². The first kappa shape index (κ1) is 19.5. The van der Waals surface area contributed by atoms with Crippen molar-refractivity contribution >= 4 is 21.7 Å². The van der Waals surface area contributed by atoms with Gasteiger partial charge in [-0.25, -0.2) is 0 Å². The van der Waals surface area contributed by atoms with Crippen LogP contribution in [0.2, 0.25) is 0 Å². The van der Waals surface area contributed by atoms with Crippen LogP contribution < -0.4 is 10.1 Å². The van der Waals surface area contributed by atoms with Gasteiger partial charge in [0.25, 0.3) is 0 Å². The van der Waals surface area contributed by atoms with Crippen molar-refractivity contribution in [2.45, 2.75) is 31.6 Å². The maximum atomic E-state index is 13.3. The molecule has 0 saturated heterocycles. The summed E-state index contributed by atoms with van der Waals surface area (Å²) in [6.45, 7) is 1.91. The molecule has 0 fully saturated rings. The van der Waals surface area contributed by atoms with E-state index in [1.165, 1.54) is 0 Å². The molecule has 146 valence electrons. The number of carbonyl (C=O) groups is 1. The van der Waals surface area contributed by atoms with Crippen molar-refractivity contribution in [1.29, 1.82) is 5.26 Å². The van der Waals surface area contributed by atoms with Crippen LogP contribution in [0.5, 0.6) is 5.75 Å². The first-order valence-corrected chi connectivity index (χ1v) is 10.3. The number of nitriles is 1. The van der Waals surface area contributed by atoms with Gasteiger partial charge in [0.2, 0.25) is 0 Å². The van der Waals surface area contributed by atoms with Crippen LogP contribution in [0.25, 0.3) is 0 Å². The van der Waals surface area contributed by atoms with Crippen LogP contribution in [0, 0.1) is 11.3 Å². The van der Waals surface area contributed by atoms with Gasteiger partial charge < -0.3 is 10.1 Å². The van der Waals surface area contributed by atoms with Crippen LogP contribution >= 0.6 is 15.9 Å². The number of methoxy groups -OCH3 is 1. The Bertz CT molecular complexity index is 1060. The van der Waals surface area contributed by atoms with E-state index in [9.17, 15) is 10.1 Å². The van der Waals surface area contributed by atoms with Crippen LogP contribution in [0.4, 0.5) is 0 Å². The lowest BCUT2D eigenvalue weighted by Gasteiger charge is -2.35. The Morgan fingerprint density at radius 1 is 1.07 bits per heavy atom. The van der Waals surface area contributed by atoms with E-state index in [4.69, 9.17) is 4.74 Å². The van der Waals surface area contributed by atoms with E-state index in [0.29, 0.717) is 12.0 Å². The number of nitrogens with zero attached hydrogens (tertiary/aromatic N) is 1. The summed E-state index contributed by atoms with van der Waals surface area (Å²) in [5.41, 5.74) is 5.20. The quantitative estimate of drug-likeness (QED) is 0.687. The molecule has 5 heteroatoms. The van der Waals surface area contributed by atoms with Crippen LogP contribution in [-0.2, 0) is 4.79 Å². The number of rotatable bonds is 3. The molecule has 2 aromatic rings. The molecule has 1 N–H and O–H groups in total. The fourth-order valence-electron chi connectivity index (χ4n) is 4.29. The lowest BCUT2D eigenvalue weighted by atomic mass is 9.72. The highest BCUT2D eigenvalue weighted by atomic mass is 79.9. The predicted octanol–water partition coefficient (Wildman–Crippen LogP) is 5.34. The van der Waals surface area contributed by atoms with Crippen LogP contribution in [0.15, 0.2) is 75.5 Å². The second-order valence-electron chi connectivity index (χ2n) is 7.45. The zero-order valence-corrected chi connectivity index (χ0v) is 17.9. The van der Waals surface area contributed by atoms with E-state index < -0.39 is 0 Å². The summed E-state index contributed by atoms with van der Waals surface area (Å²) in [5, 5.41) is 13.2. The molecule has 2 aromatic carbocycles. The molecule has 0 amide bonds. The van der Waals surface area contributed by atoms with Gasteiger partial charge in [-0.05, 0) is 54.7 Å². The first-order chi connectivity index (χ1) is 14.0. The molecule has 2 unspecified atom stereocenters. The summed E-state index contributed by atoms with van der Waals surface area (Å²) in [7, 11) is 1.65. The van der Waals surface area contributed by atoms with Crippen molar-refractivity contribution in [2.75, 3.05) is 7.11 Å². The van der Waals surface area contributed by atoms with Crippen molar-refractivity contribution in [1.82, 2.24) is 5.32 Å². The van der Waals surface area contributed by atoms with Crippen LogP contribution in [0.3, 0.4) is 0 Å². The SMILES string of the molecule is COc1ccc(C2CC(=O)C3=C(C2)NC(C)=C(C#N)C3c2ccc(Br)cc2)cc1. The van der Waals surface area contributed by atoms with Crippen molar-refractivity contribution in [3.05, 3.63) is 86.7 Å². The third-order valence-electron chi connectivity index (χ3n) is 5.74. The highest BCUT2D eigenvalue weighted by Crippen LogP contribution is 2.45. The summed E-state index contributed by atoms with van der Waals surface area (Å²) >= 11 is 3.46. The average molecular weight is 449 g/mol. The number of ether oxygens (including phenoxy) is 1. The van der Waals surface area contributed by atoms with E-state index in [0.717, 1.165) is 44.7 Å². The third-order valence-corrected chi connectivity index (χ3v) is 6.27. The molecular formula is C24H21BrN2O2. The number of hydrogen-bond donors (Lipinski definition) is 1. The van der Waals surface area contributed by atoms with Gasteiger partial charge in [0.05, 0.1) is 24.7 Å². The molecule has 29 heavy (non-hydrogen) atoms. The summed E-state index contributed by atoms with van der Waals surface area (Å²) in [6, 6.07) is 18.1. The Hall–Kier alpha value is -2.84. The normalized spacial score (nSPS) is 21.4. The minimum Gasteiger partial charge on any atom is -0.497 e. The molecule has 4 rings (SSSR count). The highest BCUT2D eigenvalue weighted by Gasteiger charge is 2.38. The van der Waals surface area contributed by atoms with Crippen LogP contribution in [-0.4, -0.2) is 12.9 Å². The van der Waals surface area contributed by atoms with Gasteiger partial charge >= 0.3 is 0 Å². The zero-order valence-electron chi connectivity index (χ0n) is 16.3. The number of carbonyl (C=O) groups excluding carboxylic acids is 1. The Labute approximate surface area is 179 Å². The fourth-order valence-corrected chi connectivity index (χ4v) is 4.55. The fraction of sp³-hybridized carbons (Fsp3) is 0.250. The molecule has 0 radical (unpaired) electrons. The minimum atomic E-state index is -0.311. The van der Waals surface area contributed by atoms with E-state index in [2.05, 4.69) is 27.3 Å². The zero-order chi connectivity index (χ0) is 20.5. The minimum absolute atomic E-state index is 0.104. The van der Waals surface area contributed by atoms with Gasteiger partial charge in [-0.3, -0.25) is 4.79 Å². The number of dihydropyridines is 1. The number of Topliss-reactive ketones (excluding diaryl/α,β-unsaturated/α-hetero) is 1. The average Bonchev–Trinajstić information content (AvgIpc) is 2.73. The van der Waals surface area contributed by atoms with Gasteiger partial charge in [-0.1, -0.05) is 40.2 Å². The van der Waals surface area contributed by atoms with Gasteiger partial charge in [-0.15, -0.1) is 0 Å². The Morgan fingerprint density at radius 2 is 1.72 bits per heavy atom. The number of ketones is 1. The molecule has 0 spiro atoms. The Kier molecular flexibility index (Phi) is 5.29. The van der Waals surface area contributed by atoms with Crippen molar-refractivity contribution in [2.24, 2.45) is 0 Å². The third kappa shape index (κ3) is 3.61. The largest absolute Gasteiger partial charge is 0.497 e. The van der Waals surface area contributed by atoms with Crippen molar-refractivity contribution in [3.8, 4) is 11.8 Å². The smallest absolute Gasteiger partial charge is 0.162 e. The summed E-state index contributed by atoms with van der Waals surface area (Å²) in [6.07, 6.45) is 1.19. The summed E-state index contributed by atoms with van der Waals surface area (Å²) in [4.78, 5) is 13.3. The number of allylic oxidation sites excluding steroid dienone is 4. The second kappa shape index (κ2) is 7.88. The molecule has 0 bridgehead atoms. The monoisotopic (exact) mass is 448 g/mol. The maximum absolute atomic E-state index is 13.3. The molecule has 4 nitrogen and oxygen atoms in total.